The summed E-state index contributed by atoms with van der Waals surface area (Å²) >= 11 is 0. The van der Waals surface area contributed by atoms with Crippen LogP contribution < -0.4 is 11.3 Å². The molecule has 0 aromatic rings. The van der Waals surface area contributed by atoms with Crippen LogP contribution in [0.1, 0.15) is 12.8 Å². The van der Waals surface area contributed by atoms with Gasteiger partial charge in [-0.1, -0.05) is 6.08 Å². The molecule has 0 bridgehead atoms. The second-order valence-corrected chi connectivity index (χ2v) is 1.39. The van der Waals surface area contributed by atoms with Crippen LogP contribution in [-0.4, -0.2) is 6.54 Å². The van der Waals surface area contributed by atoms with Crippen molar-refractivity contribution in [2.45, 2.75) is 12.8 Å². The Balaban J connectivity index is 0. The van der Waals surface area contributed by atoms with Crippen LogP contribution >= 0.6 is 12.4 Å². The first-order chi connectivity index (χ1) is 3.41. The highest BCUT2D eigenvalue weighted by Crippen LogP contribution is 1.83. The second kappa shape index (κ2) is 10.0. The van der Waals surface area contributed by atoms with Gasteiger partial charge in [-0.15, -0.1) is 19.0 Å². The van der Waals surface area contributed by atoms with Gasteiger partial charge in [0.1, 0.15) is 0 Å². The van der Waals surface area contributed by atoms with Crippen LogP contribution in [0.4, 0.5) is 0 Å². The molecular formula is C5H13ClN2. The molecule has 0 aliphatic rings. The average Bonchev–Trinajstić information content (AvgIpc) is 1.69. The van der Waals surface area contributed by atoms with E-state index in [4.69, 9.17) is 5.84 Å². The SMILES string of the molecule is C=CCCCNN.Cl. The lowest BCUT2D eigenvalue weighted by Gasteiger charge is -1.91. The third kappa shape index (κ3) is 9.34. The van der Waals surface area contributed by atoms with Gasteiger partial charge < -0.3 is 0 Å². The van der Waals surface area contributed by atoms with Crippen molar-refractivity contribution in [2.75, 3.05) is 6.54 Å². The van der Waals surface area contributed by atoms with Crippen LogP contribution in [0.3, 0.4) is 0 Å². The summed E-state index contributed by atoms with van der Waals surface area (Å²) in [5.41, 5.74) is 2.55. The molecular weight excluding hydrogens is 124 g/mol. The molecule has 8 heavy (non-hydrogen) atoms. The number of hydrogen-bond donors (Lipinski definition) is 2. The minimum Gasteiger partial charge on any atom is -0.271 e. The summed E-state index contributed by atoms with van der Waals surface area (Å²) in [4.78, 5) is 0. The predicted octanol–water partition coefficient (Wildman–Crippen LogP) is 0.838. The van der Waals surface area contributed by atoms with E-state index in [2.05, 4.69) is 12.0 Å². The van der Waals surface area contributed by atoms with Gasteiger partial charge in [-0.2, -0.15) is 0 Å². The smallest absolute Gasteiger partial charge is 0.0100 e. The van der Waals surface area contributed by atoms with Crippen molar-refractivity contribution in [3.63, 3.8) is 0 Å². The highest BCUT2D eigenvalue weighted by Gasteiger charge is 1.76. The first kappa shape index (κ1) is 10.8. The summed E-state index contributed by atoms with van der Waals surface area (Å²) in [5.74, 6) is 4.98. The Labute approximate surface area is 56.5 Å². The predicted molar refractivity (Wildman–Crippen MR) is 38.9 cm³/mol. The van der Waals surface area contributed by atoms with E-state index in [9.17, 15) is 0 Å². The zero-order chi connectivity index (χ0) is 5.54. The molecule has 0 heterocycles. The van der Waals surface area contributed by atoms with E-state index in [1.807, 2.05) is 6.08 Å². The van der Waals surface area contributed by atoms with Crippen molar-refractivity contribution < 1.29 is 0 Å². The van der Waals surface area contributed by atoms with E-state index in [0.717, 1.165) is 19.4 Å². The summed E-state index contributed by atoms with van der Waals surface area (Å²) in [6.45, 7) is 4.44. The lowest BCUT2D eigenvalue weighted by Crippen LogP contribution is -2.22. The van der Waals surface area contributed by atoms with Gasteiger partial charge >= 0.3 is 0 Å². The summed E-state index contributed by atoms with van der Waals surface area (Å²) in [6.07, 6.45) is 4.02. The molecule has 0 aromatic heterocycles. The Morgan fingerprint density at radius 1 is 1.62 bits per heavy atom. The summed E-state index contributed by atoms with van der Waals surface area (Å²) in [5, 5.41) is 0. The third-order valence-corrected chi connectivity index (χ3v) is 0.729. The van der Waals surface area contributed by atoms with Crippen LogP contribution in [0.15, 0.2) is 12.7 Å². The molecule has 0 unspecified atom stereocenters. The van der Waals surface area contributed by atoms with Crippen molar-refractivity contribution in [1.29, 1.82) is 0 Å². The molecule has 0 amide bonds. The van der Waals surface area contributed by atoms with Crippen molar-refractivity contribution >= 4 is 12.4 Å². The molecule has 3 N–H and O–H groups in total. The van der Waals surface area contributed by atoms with Crippen LogP contribution in [0, 0.1) is 0 Å². The lowest BCUT2D eigenvalue weighted by atomic mass is 10.3. The fraction of sp³-hybridized carbons (Fsp3) is 0.600. The number of halogens is 1. The Kier molecular flexibility index (Phi) is 13.6. The standard InChI is InChI=1S/C5H12N2.ClH/c1-2-3-4-5-7-6;/h2,7H,1,3-6H2;1H. The van der Waals surface area contributed by atoms with Crippen molar-refractivity contribution in [3.8, 4) is 0 Å². The number of hydrazine groups is 1. The average molecular weight is 137 g/mol. The number of nitrogens with one attached hydrogen (secondary N) is 1. The van der Waals surface area contributed by atoms with Crippen LogP contribution in [0.5, 0.6) is 0 Å². The Hall–Kier alpha value is -0.0500. The van der Waals surface area contributed by atoms with Gasteiger partial charge in [0.05, 0.1) is 0 Å². The molecule has 0 saturated heterocycles. The zero-order valence-corrected chi connectivity index (χ0v) is 5.71. The maximum Gasteiger partial charge on any atom is 0.0100 e. The number of unbranched alkanes of at least 4 members (excludes halogenated alkanes) is 1. The van der Waals surface area contributed by atoms with Gasteiger partial charge in [-0.25, -0.2) is 0 Å². The summed E-state index contributed by atoms with van der Waals surface area (Å²) < 4.78 is 0. The van der Waals surface area contributed by atoms with Crippen molar-refractivity contribution in [1.82, 2.24) is 5.43 Å². The maximum absolute atomic E-state index is 4.98. The monoisotopic (exact) mass is 136 g/mol. The topological polar surface area (TPSA) is 38.0 Å². The molecule has 0 aliphatic carbocycles. The fourth-order valence-electron chi connectivity index (χ4n) is 0.348. The van der Waals surface area contributed by atoms with Crippen molar-refractivity contribution in [2.24, 2.45) is 5.84 Å². The third-order valence-electron chi connectivity index (χ3n) is 0.729. The number of hydrogen-bond acceptors (Lipinski definition) is 2. The van der Waals surface area contributed by atoms with Crippen LogP contribution in [0.2, 0.25) is 0 Å². The molecule has 0 spiro atoms. The first-order valence-corrected chi connectivity index (χ1v) is 2.46. The van der Waals surface area contributed by atoms with Crippen molar-refractivity contribution in [3.05, 3.63) is 12.7 Å². The van der Waals surface area contributed by atoms with Gasteiger partial charge in [0.15, 0.2) is 0 Å². The molecule has 50 valence electrons. The highest BCUT2D eigenvalue weighted by molar-refractivity contribution is 5.85. The zero-order valence-electron chi connectivity index (χ0n) is 4.89. The largest absolute Gasteiger partial charge is 0.271 e. The molecule has 0 aliphatic heterocycles. The molecule has 0 saturated carbocycles. The number of rotatable bonds is 4. The molecule has 3 heteroatoms. The first-order valence-electron chi connectivity index (χ1n) is 2.46. The summed E-state index contributed by atoms with van der Waals surface area (Å²) in [7, 11) is 0. The van der Waals surface area contributed by atoms with E-state index in [-0.39, 0.29) is 12.4 Å². The second-order valence-electron chi connectivity index (χ2n) is 1.39. The van der Waals surface area contributed by atoms with Gasteiger partial charge in [0.25, 0.3) is 0 Å². The Bertz CT molecular complexity index is 47.7. The highest BCUT2D eigenvalue weighted by atomic mass is 35.5. The Morgan fingerprint density at radius 3 is 2.62 bits per heavy atom. The fourth-order valence-corrected chi connectivity index (χ4v) is 0.348. The minimum atomic E-state index is 0. The number of nitrogens with two attached hydrogens (primary N) is 1. The molecule has 2 nitrogen and oxygen atoms in total. The van der Waals surface area contributed by atoms with E-state index in [0.29, 0.717) is 0 Å². The molecule has 0 atom stereocenters. The molecule has 0 aromatic carbocycles. The minimum absolute atomic E-state index is 0. The summed E-state index contributed by atoms with van der Waals surface area (Å²) in [6, 6.07) is 0. The molecule has 0 fully saturated rings. The Morgan fingerprint density at radius 2 is 2.25 bits per heavy atom. The van der Waals surface area contributed by atoms with Crippen LogP contribution in [-0.2, 0) is 0 Å². The maximum atomic E-state index is 4.98. The normalized spacial score (nSPS) is 7.62. The van der Waals surface area contributed by atoms with E-state index >= 15 is 0 Å². The number of allylic oxidation sites excluding steroid dienone is 1. The lowest BCUT2D eigenvalue weighted by molar-refractivity contribution is 0.687. The van der Waals surface area contributed by atoms with Crippen LogP contribution in [0.25, 0.3) is 0 Å². The van der Waals surface area contributed by atoms with E-state index in [1.165, 1.54) is 0 Å². The van der Waals surface area contributed by atoms with E-state index < -0.39 is 0 Å². The van der Waals surface area contributed by atoms with E-state index in [1.54, 1.807) is 0 Å². The molecule has 0 radical (unpaired) electrons. The quantitative estimate of drug-likeness (QED) is 0.260. The van der Waals surface area contributed by atoms with Gasteiger partial charge in [-0.05, 0) is 12.8 Å². The van der Waals surface area contributed by atoms with Gasteiger partial charge in [0, 0.05) is 6.54 Å². The van der Waals surface area contributed by atoms with Gasteiger partial charge in [0.2, 0.25) is 0 Å². The molecule has 0 rings (SSSR count). The van der Waals surface area contributed by atoms with Gasteiger partial charge in [-0.3, -0.25) is 11.3 Å².